The Labute approximate surface area is 123 Å². The lowest BCUT2D eigenvalue weighted by atomic mass is 10.0. The van der Waals surface area contributed by atoms with Gasteiger partial charge in [0.05, 0.1) is 11.1 Å². The van der Waals surface area contributed by atoms with Crippen molar-refractivity contribution in [1.29, 1.82) is 0 Å². The fraction of sp³-hybridized carbons (Fsp3) is 0.176. The number of nitrogens with one attached hydrogen (secondary N) is 1. The smallest absolute Gasteiger partial charge is 0.336 e. The van der Waals surface area contributed by atoms with E-state index in [1.807, 2.05) is 37.3 Å². The molecule has 0 aliphatic carbocycles. The minimum atomic E-state index is -1.10. The molecule has 1 unspecified atom stereocenters. The van der Waals surface area contributed by atoms with Crippen LogP contribution < -0.4 is 5.32 Å². The molecule has 2 aromatic rings. The predicted octanol–water partition coefficient (Wildman–Crippen LogP) is 2.92. The summed E-state index contributed by atoms with van der Waals surface area (Å²) in [4.78, 5) is 23.2. The average Bonchev–Trinajstić information content (AvgIpc) is 2.53. The van der Waals surface area contributed by atoms with E-state index in [9.17, 15) is 9.59 Å². The Bertz CT molecular complexity index is 637. The van der Waals surface area contributed by atoms with Crippen LogP contribution in [0.1, 0.15) is 39.1 Å². The Hall–Kier alpha value is -2.62. The standard InChI is InChI=1S/C17H17NO3/c1-12(13-7-3-2-4-8-13)11-18-16(19)14-9-5-6-10-15(14)17(20)21/h2-10,12H,11H2,1H3,(H,18,19)(H,20,21). The van der Waals surface area contributed by atoms with Crippen molar-refractivity contribution in [2.24, 2.45) is 0 Å². The van der Waals surface area contributed by atoms with Crippen LogP contribution in [0.3, 0.4) is 0 Å². The largest absolute Gasteiger partial charge is 0.478 e. The number of carboxylic acids is 1. The molecule has 0 fully saturated rings. The molecular formula is C17H17NO3. The first kappa shape index (κ1) is 14.8. The second kappa shape index (κ2) is 6.70. The number of carbonyl (C=O) groups is 2. The lowest BCUT2D eigenvalue weighted by molar-refractivity contribution is 0.0691. The molecule has 4 heteroatoms. The van der Waals surface area contributed by atoms with Crippen molar-refractivity contribution in [2.45, 2.75) is 12.8 Å². The number of hydrogen-bond donors (Lipinski definition) is 2. The lowest BCUT2D eigenvalue weighted by Crippen LogP contribution is -2.28. The highest BCUT2D eigenvalue weighted by Gasteiger charge is 2.16. The molecule has 0 bridgehead atoms. The van der Waals surface area contributed by atoms with E-state index in [-0.39, 0.29) is 23.0 Å². The zero-order valence-electron chi connectivity index (χ0n) is 11.7. The molecule has 1 atom stereocenters. The van der Waals surface area contributed by atoms with Gasteiger partial charge in [0.25, 0.3) is 5.91 Å². The van der Waals surface area contributed by atoms with Crippen LogP contribution in [0.15, 0.2) is 54.6 Å². The van der Waals surface area contributed by atoms with Gasteiger partial charge in [-0.1, -0.05) is 49.4 Å². The van der Waals surface area contributed by atoms with Crippen molar-refractivity contribution < 1.29 is 14.7 Å². The highest BCUT2D eigenvalue weighted by atomic mass is 16.4. The maximum Gasteiger partial charge on any atom is 0.336 e. The van der Waals surface area contributed by atoms with Gasteiger partial charge in [0.15, 0.2) is 0 Å². The predicted molar refractivity (Wildman–Crippen MR) is 80.6 cm³/mol. The van der Waals surface area contributed by atoms with Crippen LogP contribution in [0.25, 0.3) is 0 Å². The number of amides is 1. The minimum Gasteiger partial charge on any atom is -0.478 e. The van der Waals surface area contributed by atoms with E-state index in [2.05, 4.69) is 5.32 Å². The first-order valence-electron chi connectivity index (χ1n) is 6.75. The molecule has 2 rings (SSSR count). The third-order valence-electron chi connectivity index (χ3n) is 3.34. The van der Waals surface area contributed by atoms with Gasteiger partial charge < -0.3 is 10.4 Å². The molecule has 108 valence electrons. The van der Waals surface area contributed by atoms with Crippen LogP contribution in [0, 0.1) is 0 Å². The van der Waals surface area contributed by atoms with Crippen molar-refractivity contribution in [1.82, 2.24) is 5.32 Å². The molecule has 0 saturated carbocycles. The van der Waals surface area contributed by atoms with Gasteiger partial charge in [-0.2, -0.15) is 0 Å². The zero-order valence-corrected chi connectivity index (χ0v) is 11.7. The first-order valence-corrected chi connectivity index (χ1v) is 6.75. The van der Waals surface area contributed by atoms with Crippen molar-refractivity contribution >= 4 is 11.9 Å². The van der Waals surface area contributed by atoms with Gasteiger partial charge in [-0.3, -0.25) is 4.79 Å². The SMILES string of the molecule is CC(CNC(=O)c1ccccc1C(=O)O)c1ccccc1. The van der Waals surface area contributed by atoms with E-state index in [0.29, 0.717) is 6.54 Å². The van der Waals surface area contributed by atoms with Gasteiger partial charge in [0.2, 0.25) is 0 Å². The van der Waals surface area contributed by atoms with Crippen LogP contribution in [-0.2, 0) is 0 Å². The number of carboxylic acid groups (broad SMARTS) is 1. The maximum atomic E-state index is 12.1. The normalized spacial score (nSPS) is 11.7. The summed E-state index contributed by atoms with van der Waals surface area (Å²) in [5, 5.41) is 11.9. The number of aromatic carboxylic acids is 1. The monoisotopic (exact) mass is 283 g/mol. The van der Waals surface area contributed by atoms with Gasteiger partial charge in [-0.05, 0) is 23.6 Å². The van der Waals surface area contributed by atoms with Crippen molar-refractivity contribution in [3.63, 3.8) is 0 Å². The highest BCUT2D eigenvalue weighted by Crippen LogP contribution is 2.14. The second-order valence-electron chi connectivity index (χ2n) is 4.87. The summed E-state index contributed by atoms with van der Waals surface area (Å²) >= 11 is 0. The molecule has 1 amide bonds. The molecule has 4 nitrogen and oxygen atoms in total. The third kappa shape index (κ3) is 3.69. The number of carbonyl (C=O) groups excluding carboxylic acids is 1. The van der Waals surface area contributed by atoms with Crippen molar-refractivity contribution in [2.75, 3.05) is 6.54 Å². The lowest BCUT2D eigenvalue weighted by Gasteiger charge is -2.13. The minimum absolute atomic E-state index is 0.0161. The molecular weight excluding hydrogens is 266 g/mol. The van der Waals surface area contributed by atoms with Gasteiger partial charge in [-0.15, -0.1) is 0 Å². The molecule has 0 heterocycles. The first-order chi connectivity index (χ1) is 10.1. The number of benzene rings is 2. The molecule has 0 saturated heterocycles. The molecule has 0 aliphatic rings. The van der Waals surface area contributed by atoms with E-state index in [1.54, 1.807) is 12.1 Å². The van der Waals surface area contributed by atoms with Crippen molar-refractivity contribution in [3.8, 4) is 0 Å². The van der Waals surface area contributed by atoms with E-state index >= 15 is 0 Å². The Morgan fingerprint density at radius 2 is 1.57 bits per heavy atom. The van der Waals surface area contributed by atoms with E-state index in [1.165, 1.54) is 12.1 Å². The summed E-state index contributed by atoms with van der Waals surface area (Å²) in [5.41, 5.74) is 1.33. The molecule has 2 aromatic carbocycles. The van der Waals surface area contributed by atoms with Gasteiger partial charge in [0, 0.05) is 6.54 Å². The molecule has 2 N–H and O–H groups in total. The fourth-order valence-corrected chi connectivity index (χ4v) is 2.11. The summed E-state index contributed by atoms with van der Waals surface area (Å²) in [7, 11) is 0. The van der Waals surface area contributed by atoms with Crippen LogP contribution in [-0.4, -0.2) is 23.5 Å². The van der Waals surface area contributed by atoms with Crippen LogP contribution >= 0.6 is 0 Å². The van der Waals surface area contributed by atoms with Crippen LogP contribution in [0.5, 0.6) is 0 Å². The van der Waals surface area contributed by atoms with E-state index < -0.39 is 5.97 Å². The topological polar surface area (TPSA) is 66.4 Å². The molecule has 21 heavy (non-hydrogen) atoms. The Balaban J connectivity index is 2.04. The highest BCUT2D eigenvalue weighted by molar-refractivity contribution is 6.04. The quantitative estimate of drug-likeness (QED) is 0.886. The maximum absolute atomic E-state index is 12.1. The van der Waals surface area contributed by atoms with Gasteiger partial charge >= 0.3 is 5.97 Å². The summed E-state index contributed by atoms with van der Waals surface area (Å²) in [6, 6.07) is 16.1. The summed E-state index contributed by atoms with van der Waals surface area (Å²) in [5.74, 6) is -1.31. The molecule has 0 aliphatic heterocycles. The third-order valence-corrected chi connectivity index (χ3v) is 3.34. The number of hydrogen-bond acceptors (Lipinski definition) is 2. The van der Waals surface area contributed by atoms with Crippen LogP contribution in [0.2, 0.25) is 0 Å². The van der Waals surface area contributed by atoms with Crippen LogP contribution in [0.4, 0.5) is 0 Å². The fourth-order valence-electron chi connectivity index (χ4n) is 2.11. The number of rotatable bonds is 5. The molecule has 0 radical (unpaired) electrons. The average molecular weight is 283 g/mol. The Kier molecular flexibility index (Phi) is 4.72. The van der Waals surface area contributed by atoms with Gasteiger partial charge in [-0.25, -0.2) is 4.79 Å². The molecule has 0 spiro atoms. The Morgan fingerprint density at radius 3 is 2.19 bits per heavy atom. The Morgan fingerprint density at radius 1 is 1.00 bits per heavy atom. The summed E-state index contributed by atoms with van der Waals surface area (Å²) in [6.45, 7) is 2.47. The second-order valence-corrected chi connectivity index (χ2v) is 4.87. The van der Waals surface area contributed by atoms with Gasteiger partial charge in [0.1, 0.15) is 0 Å². The van der Waals surface area contributed by atoms with E-state index in [4.69, 9.17) is 5.11 Å². The zero-order chi connectivity index (χ0) is 15.2. The van der Waals surface area contributed by atoms with E-state index in [0.717, 1.165) is 5.56 Å². The van der Waals surface area contributed by atoms with Crippen molar-refractivity contribution in [3.05, 3.63) is 71.3 Å². The molecule has 0 aromatic heterocycles. The summed E-state index contributed by atoms with van der Waals surface area (Å²) in [6.07, 6.45) is 0. The summed E-state index contributed by atoms with van der Waals surface area (Å²) < 4.78 is 0.